The number of carbonyl (C=O) groups is 3. The van der Waals surface area contributed by atoms with Crippen molar-refractivity contribution in [2.24, 2.45) is 0 Å². The molecule has 1 aromatic rings. The van der Waals surface area contributed by atoms with Crippen molar-refractivity contribution in [1.82, 2.24) is 5.32 Å². The Bertz CT molecular complexity index is 593. The highest BCUT2D eigenvalue weighted by atomic mass is 16.4. The first-order valence-electron chi connectivity index (χ1n) is 6.28. The lowest BCUT2D eigenvalue weighted by molar-refractivity contribution is -0.136. The van der Waals surface area contributed by atoms with Crippen molar-refractivity contribution in [2.75, 3.05) is 11.9 Å². The molecular weight excluding hydrogens is 260 g/mol. The highest BCUT2D eigenvalue weighted by molar-refractivity contribution is 6.07. The fourth-order valence-corrected chi connectivity index (χ4v) is 2.10. The zero-order valence-corrected chi connectivity index (χ0v) is 11.3. The molecule has 106 valence electrons. The third-order valence-electron chi connectivity index (χ3n) is 3.40. The molecule has 6 heteroatoms. The Morgan fingerprint density at radius 3 is 2.70 bits per heavy atom. The van der Waals surface area contributed by atoms with E-state index in [4.69, 9.17) is 5.11 Å². The summed E-state index contributed by atoms with van der Waals surface area (Å²) in [6, 6.07) is 4.97. The number of aliphatic carboxylic acids is 1. The second kappa shape index (κ2) is 4.96. The Kier molecular flexibility index (Phi) is 3.48. The van der Waals surface area contributed by atoms with E-state index < -0.39 is 11.4 Å². The molecule has 1 aliphatic rings. The normalized spacial score (nSPS) is 15.4. The van der Waals surface area contributed by atoms with E-state index in [0.717, 1.165) is 5.56 Å². The summed E-state index contributed by atoms with van der Waals surface area (Å²) in [5.41, 5.74) is 1.22. The Balaban J connectivity index is 2.16. The van der Waals surface area contributed by atoms with Crippen molar-refractivity contribution in [3.63, 3.8) is 0 Å². The van der Waals surface area contributed by atoms with Gasteiger partial charge in [0.25, 0.3) is 5.91 Å². The average Bonchev–Trinajstić information content (AvgIpc) is 2.59. The quantitative estimate of drug-likeness (QED) is 0.768. The van der Waals surface area contributed by atoms with Gasteiger partial charge in [-0.2, -0.15) is 0 Å². The molecule has 0 spiro atoms. The molecule has 0 unspecified atom stereocenters. The van der Waals surface area contributed by atoms with E-state index in [2.05, 4.69) is 10.6 Å². The highest BCUT2D eigenvalue weighted by Gasteiger charge is 2.38. The number of carboxylic acids is 1. The van der Waals surface area contributed by atoms with Crippen LogP contribution < -0.4 is 10.6 Å². The molecule has 1 aliphatic heterocycles. The molecule has 1 heterocycles. The summed E-state index contributed by atoms with van der Waals surface area (Å²) in [6.45, 7) is 3.66. The predicted molar refractivity (Wildman–Crippen MR) is 72.7 cm³/mol. The van der Waals surface area contributed by atoms with Gasteiger partial charge in [0, 0.05) is 17.8 Å². The lowest BCUT2D eigenvalue weighted by Crippen LogP contribution is -2.28. The number of hydrogen-bond donors (Lipinski definition) is 3. The Morgan fingerprint density at radius 1 is 1.35 bits per heavy atom. The van der Waals surface area contributed by atoms with Gasteiger partial charge in [-0.25, -0.2) is 0 Å². The van der Waals surface area contributed by atoms with E-state index in [9.17, 15) is 14.4 Å². The van der Waals surface area contributed by atoms with E-state index >= 15 is 0 Å². The van der Waals surface area contributed by atoms with E-state index in [0.29, 0.717) is 11.3 Å². The summed E-state index contributed by atoms with van der Waals surface area (Å²) in [4.78, 5) is 34.1. The van der Waals surface area contributed by atoms with Crippen LogP contribution in [0.5, 0.6) is 0 Å². The standard InChI is InChI=1S/C14H16N2O4/c1-14(2)9-7-8(3-4-10(9)16-13(14)20)12(19)15-6-5-11(17)18/h3-4,7H,5-6H2,1-2H3,(H,15,19)(H,16,20)(H,17,18). The summed E-state index contributed by atoms with van der Waals surface area (Å²) in [6.07, 6.45) is -0.123. The molecule has 2 amide bonds. The Hall–Kier alpha value is -2.37. The molecule has 0 radical (unpaired) electrons. The summed E-state index contributed by atoms with van der Waals surface area (Å²) in [5.74, 6) is -1.41. The maximum absolute atomic E-state index is 11.9. The molecule has 0 saturated carbocycles. The lowest BCUT2D eigenvalue weighted by Gasteiger charge is -2.15. The van der Waals surface area contributed by atoms with Crippen LogP contribution >= 0.6 is 0 Å². The van der Waals surface area contributed by atoms with Crippen molar-refractivity contribution in [2.45, 2.75) is 25.7 Å². The molecule has 1 aromatic carbocycles. The number of hydrogen-bond acceptors (Lipinski definition) is 3. The predicted octanol–water partition coefficient (Wildman–Crippen LogP) is 1.12. The zero-order chi connectivity index (χ0) is 14.9. The fraction of sp³-hybridized carbons (Fsp3) is 0.357. The maximum atomic E-state index is 11.9. The monoisotopic (exact) mass is 276 g/mol. The van der Waals surface area contributed by atoms with E-state index in [1.165, 1.54) is 0 Å². The van der Waals surface area contributed by atoms with Gasteiger partial charge in [-0.05, 0) is 37.6 Å². The maximum Gasteiger partial charge on any atom is 0.305 e. The molecule has 0 aromatic heterocycles. The van der Waals surface area contributed by atoms with Crippen molar-refractivity contribution < 1.29 is 19.5 Å². The number of amides is 2. The van der Waals surface area contributed by atoms with Gasteiger partial charge in [-0.15, -0.1) is 0 Å². The second-order valence-corrected chi connectivity index (χ2v) is 5.24. The van der Waals surface area contributed by atoms with Gasteiger partial charge in [-0.1, -0.05) is 0 Å². The largest absolute Gasteiger partial charge is 0.481 e. The van der Waals surface area contributed by atoms with Gasteiger partial charge in [-0.3, -0.25) is 14.4 Å². The van der Waals surface area contributed by atoms with Gasteiger partial charge >= 0.3 is 5.97 Å². The van der Waals surface area contributed by atoms with Gasteiger partial charge in [0.1, 0.15) is 0 Å². The number of rotatable bonds is 4. The highest BCUT2D eigenvalue weighted by Crippen LogP contribution is 2.37. The third kappa shape index (κ3) is 2.49. The molecular formula is C14H16N2O4. The number of fused-ring (bicyclic) bond motifs is 1. The number of anilines is 1. The minimum absolute atomic E-state index is 0.0752. The summed E-state index contributed by atoms with van der Waals surface area (Å²) in [7, 11) is 0. The lowest BCUT2D eigenvalue weighted by atomic mass is 9.85. The zero-order valence-electron chi connectivity index (χ0n) is 11.3. The second-order valence-electron chi connectivity index (χ2n) is 5.24. The molecule has 2 rings (SSSR count). The van der Waals surface area contributed by atoms with Crippen LogP contribution in [0.3, 0.4) is 0 Å². The Labute approximate surface area is 116 Å². The summed E-state index contributed by atoms with van der Waals surface area (Å²) >= 11 is 0. The van der Waals surface area contributed by atoms with Crippen molar-refractivity contribution in [3.05, 3.63) is 29.3 Å². The van der Waals surface area contributed by atoms with Crippen LogP contribution in [0.1, 0.15) is 36.2 Å². The molecule has 0 saturated heterocycles. The number of benzene rings is 1. The van der Waals surface area contributed by atoms with Crippen molar-refractivity contribution >= 4 is 23.5 Å². The van der Waals surface area contributed by atoms with Crippen LogP contribution in [0.25, 0.3) is 0 Å². The van der Waals surface area contributed by atoms with Crippen LogP contribution in [0, 0.1) is 0 Å². The fourth-order valence-electron chi connectivity index (χ4n) is 2.10. The van der Waals surface area contributed by atoms with Gasteiger partial charge in [0.2, 0.25) is 5.91 Å². The summed E-state index contributed by atoms with van der Waals surface area (Å²) in [5, 5.41) is 13.8. The van der Waals surface area contributed by atoms with Crippen LogP contribution in [0.4, 0.5) is 5.69 Å². The molecule has 0 bridgehead atoms. The minimum Gasteiger partial charge on any atom is -0.481 e. The molecule has 3 N–H and O–H groups in total. The van der Waals surface area contributed by atoms with Gasteiger partial charge in [0.05, 0.1) is 11.8 Å². The van der Waals surface area contributed by atoms with Crippen LogP contribution in [0.2, 0.25) is 0 Å². The number of nitrogens with one attached hydrogen (secondary N) is 2. The van der Waals surface area contributed by atoms with Crippen LogP contribution in [-0.2, 0) is 15.0 Å². The first-order chi connectivity index (χ1) is 9.32. The van der Waals surface area contributed by atoms with Crippen molar-refractivity contribution in [1.29, 1.82) is 0 Å². The molecule has 0 aliphatic carbocycles. The Morgan fingerprint density at radius 2 is 2.05 bits per heavy atom. The molecule has 0 fully saturated rings. The average molecular weight is 276 g/mol. The number of carboxylic acid groups (broad SMARTS) is 1. The van der Waals surface area contributed by atoms with E-state index in [1.807, 2.05) is 0 Å². The van der Waals surface area contributed by atoms with Gasteiger partial charge in [0.15, 0.2) is 0 Å². The first-order valence-corrected chi connectivity index (χ1v) is 6.28. The topological polar surface area (TPSA) is 95.5 Å². The minimum atomic E-state index is -0.963. The first kappa shape index (κ1) is 14.0. The van der Waals surface area contributed by atoms with Crippen molar-refractivity contribution in [3.8, 4) is 0 Å². The molecule has 20 heavy (non-hydrogen) atoms. The SMILES string of the molecule is CC1(C)C(=O)Nc2ccc(C(=O)NCCC(=O)O)cc21. The van der Waals surface area contributed by atoms with E-state index in [-0.39, 0.29) is 24.8 Å². The summed E-state index contributed by atoms with van der Waals surface area (Å²) < 4.78 is 0. The number of carbonyl (C=O) groups excluding carboxylic acids is 2. The van der Waals surface area contributed by atoms with E-state index in [1.54, 1.807) is 32.0 Å². The van der Waals surface area contributed by atoms with Gasteiger partial charge < -0.3 is 15.7 Å². The smallest absolute Gasteiger partial charge is 0.305 e. The van der Waals surface area contributed by atoms with Crippen LogP contribution in [0.15, 0.2) is 18.2 Å². The molecule has 0 atom stereocenters. The third-order valence-corrected chi connectivity index (χ3v) is 3.40. The molecule has 6 nitrogen and oxygen atoms in total. The van der Waals surface area contributed by atoms with Crippen LogP contribution in [-0.4, -0.2) is 29.4 Å².